The van der Waals surface area contributed by atoms with Crippen molar-refractivity contribution in [3.05, 3.63) is 0 Å². The van der Waals surface area contributed by atoms with E-state index in [0.29, 0.717) is 12.0 Å². The van der Waals surface area contributed by atoms with E-state index in [-0.39, 0.29) is 5.41 Å². The molecule has 1 saturated carbocycles. The van der Waals surface area contributed by atoms with Gasteiger partial charge in [-0.1, -0.05) is 34.1 Å². The second kappa shape index (κ2) is 4.22. The van der Waals surface area contributed by atoms with Crippen LogP contribution in [0.5, 0.6) is 0 Å². The third-order valence-electron chi connectivity index (χ3n) is 4.59. The van der Waals surface area contributed by atoms with Gasteiger partial charge in [0.2, 0.25) is 0 Å². The topological polar surface area (TPSA) is 20.2 Å². The highest BCUT2D eigenvalue weighted by Crippen LogP contribution is 2.46. The maximum atomic E-state index is 9.30. The van der Waals surface area contributed by atoms with Crippen molar-refractivity contribution in [3.8, 4) is 0 Å². The van der Waals surface area contributed by atoms with Crippen LogP contribution in [0, 0.1) is 16.7 Å². The number of aliphatic hydroxyl groups excluding tert-OH is 1. The number of aliphatic hydroxyl groups is 1. The van der Waals surface area contributed by atoms with E-state index in [2.05, 4.69) is 27.7 Å². The lowest BCUT2D eigenvalue weighted by Gasteiger charge is -2.42. The zero-order valence-electron chi connectivity index (χ0n) is 10.3. The van der Waals surface area contributed by atoms with E-state index in [1.165, 1.54) is 32.1 Å². The molecule has 1 aliphatic rings. The van der Waals surface area contributed by atoms with Gasteiger partial charge in [-0.2, -0.15) is 0 Å². The summed E-state index contributed by atoms with van der Waals surface area (Å²) in [5.74, 6) is 0.868. The van der Waals surface area contributed by atoms with Crippen LogP contribution in [0.3, 0.4) is 0 Å². The molecule has 0 amide bonds. The summed E-state index contributed by atoms with van der Waals surface area (Å²) in [6.45, 7) is 9.66. The van der Waals surface area contributed by atoms with Crippen molar-refractivity contribution < 1.29 is 5.11 Å². The molecule has 0 bridgehead atoms. The van der Waals surface area contributed by atoms with E-state index in [9.17, 15) is 5.11 Å². The normalized spacial score (nSPS) is 34.5. The molecule has 0 aromatic carbocycles. The van der Waals surface area contributed by atoms with Gasteiger partial charge < -0.3 is 5.11 Å². The van der Waals surface area contributed by atoms with Gasteiger partial charge in [0.05, 0.1) is 0 Å². The van der Waals surface area contributed by atoms with Crippen molar-refractivity contribution >= 4 is 0 Å². The fourth-order valence-corrected chi connectivity index (χ4v) is 2.54. The molecule has 0 radical (unpaired) electrons. The maximum Gasteiger partial charge on any atom is 0.0484 e. The van der Waals surface area contributed by atoms with Gasteiger partial charge in [-0.05, 0) is 42.4 Å². The van der Waals surface area contributed by atoms with E-state index in [4.69, 9.17) is 0 Å². The van der Waals surface area contributed by atoms with Crippen LogP contribution in [0.2, 0.25) is 0 Å². The minimum Gasteiger partial charge on any atom is -0.396 e. The van der Waals surface area contributed by atoms with E-state index in [0.717, 1.165) is 5.92 Å². The first-order valence-electron chi connectivity index (χ1n) is 6.04. The van der Waals surface area contributed by atoms with Crippen LogP contribution in [0.1, 0.15) is 59.8 Å². The molecule has 0 saturated heterocycles. The average Bonchev–Trinajstić information content (AvgIpc) is 2.19. The van der Waals surface area contributed by atoms with E-state index >= 15 is 0 Å². The van der Waals surface area contributed by atoms with Crippen molar-refractivity contribution in [2.45, 2.75) is 59.8 Å². The molecule has 0 aliphatic heterocycles. The quantitative estimate of drug-likeness (QED) is 0.734. The fourth-order valence-electron chi connectivity index (χ4n) is 2.54. The molecule has 0 unspecified atom stereocenters. The molecule has 0 spiro atoms. The molecule has 1 rings (SSSR count). The van der Waals surface area contributed by atoms with Crippen LogP contribution >= 0.6 is 0 Å². The number of hydrogen-bond acceptors (Lipinski definition) is 1. The number of hydrogen-bond donors (Lipinski definition) is 1. The molecule has 14 heavy (non-hydrogen) atoms. The van der Waals surface area contributed by atoms with Crippen LogP contribution in [-0.2, 0) is 0 Å². The van der Waals surface area contributed by atoms with Crippen LogP contribution in [0.15, 0.2) is 0 Å². The van der Waals surface area contributed by atoms with Gasteiger partial charge in [-0.3, -0.25) is 0 Å². The summed E-state index contributed by atoms with van der Waals surface area (Å²) in [5, 5.41) is 9.30. The predicted molar refractivity (Wildman–Crippen MR) is 61.2 cm³/mol. The van der Waals surface area contributed by atoms with E-state index in [1.807, 2.05) is 0 Å². The molecule has 1 N–H and O–H groups in total. The Hall–Kier alpha value is -0.0400. The lowest BCUT2D eigenvalue weighted by molar-refractivity contribution is 0.0434. The SMILES string of the molecule is CCC(C)(C)C1CCC(C)(CO)CC1. The Morgan fingerprint density at radius 2 is 1.79 bits per heavy atom. The summed E-state index contributed by atoms with van der Waals surface area (Å²) >= 11 is 0. The first kappa shape index (κ1) is 12.0. The highest BCUT2D eigenvalue weighted by Gasteiger charge is 2.36. The van der Waals surface area contributed by atoms with Crippen LogP contribution in [0.4, 0.5) is 0 Å². The summed E-state index contributed by atoms with van der Waals surface area (Å²) in [5.41, 5.74) is 0.719. The minimum absolute atomic E-state index is 0.223. The van der Waals surface area contributed by atoms with Gasteiger partial charge in [0.15, 0.2) is 0 Å². The lowest BCUT2D eigenvalue weighted by atomic mass is 9.63. The first-order chi connectivity index (χ1) is 6.43. The molecular weight excluding hydrogens is 172 g/mol. The molecule has 0 aromatic rings. The summed E-state index contributed by atoms with van der Waals surface area (Å²) < 4.78 is 0. The Labute approximate surface area is 88.9 Å². The van der Waals surface area contributed by atoms with E-state index < -0.39 is 0 Å². The third kappa shape index (κ3) is 2.50. The molecule has 0 atom stereocenters. The van der Waals surface area contributed by atoms with Gasteiger partial charge in [-0.25, -0.2) is 0 Å². The molecule has 1 fully saturated rings. The second-order valence-electron chi connectivity index (χ2n) is 6.09. The van der Waals surface area contributed by atoms with Gasteiger partial charge in [0, 0.05) is 6.61 Å². The average molecular weight is 198 g/mol. The van der Waals surface area contributed by atoms with Gasteiger partial charge in [0.25, 0.3) is 0 Å². The van der Waals surface area contributed by atoms with Crippen LogP contribution in [-0.4, -0.2) is 11.7 Å². The van der Waals surface area contributed by atoms with Crippen molar-refractivity contribution in [3.63, 3.8) is 0 Å². The monoisotopic (exact) mass is 198 g/mol. The molecule has 1 heteroatoms. The molecule has 84 valence electrons. The molecule has 0 aromatic heterocycles. The predicted octanol–water partition coefficient (Wildman–Crippen LogP) is 3.61. The first-order valence-corrected chi connectivity index (χ1v) is 6.04. The largest absolute Gasteiger partial charge is 0.396 e. The summed E-state index contributed by atoms with van der Waals surface area (Å²) in [7, 11) is 0. The highest BCUT2D eigenvalue weighted by molar-refractivity contribution is 4.87. The minimum atomic E-state index is 0.223. The van der Waals surface area contributed by atoms with Gasteiger partial charge >= 0.3 is 0 Å². The molecule has 0 heterocycles. The standard InChI is InChI=1S/C13H26O/c1-5-12(2,3)11-6-8-13(4,10-14)9-7-11/h11,14H,5-10H2,1-4H3. The second-order valence-corrected chi connectivity index (χ2v) is 6.09. The van der Waals surface area contributed by atoms with Crippen LogP contribution < -0.4 is 0 Å². The smallest absolute Gasteiger partial charge is 0.0484 e. The Kier molecular flexibility index (Phi) is 3.63. The Bertz CT molecular complexity index is 176. The lowest BCUT2D eigenvalue weighted by Crippen LogP contribution is -2.33. The van der Waals surface area contributed by atoms with Gasteiger partial charge in [0.1, 0.15) is 0 Å². The number of rotatable bonds is 3. The summed E-state index contributed by atoms with van der Waals surface area (Å²) in [4.78, 5) is 0. The Morgan fingerprint density at radius 1 is 1.29 bits per heavy atom. The zero-order chi connectivity index (χ0) is 10.8. The van der Waals surface area contributed by atoms with Crippen LogP contribution in [0.25, 0.3) is 0 Å². The Morgan fingerprint density at radius 3 is 2.14 bits per heavy atom. The van der Waals surface area contributed by atoms with Crippen molar-refractivity contribution in [1.29, 1.82) is 0 Å². The van der Waals surface area contributed by atoms with Crippen molar-refractivity contribution in [2.75, 3.05) is 6.61 Å². The zero-order valence-corrected chi connectivity index (χ0v) is 10.3. The van der Waals surface area contributed by atoms with Gasteiger partial charge in [-0.15, -0.1) is 0 Å². The highest BCUT2D eigenvalue weighted by atomic mass is 16.3. The fraction of sp³-hybridized carbons (Fsp3) is 1.00. The maximum absolute atomic E-state index is 9.30. The Balaban J connectivity index is 2.51. The summed E-state index contributed by atoms with van der Waals surface area (Å²) in [6.07, 6.45) is 6.29. The summed E-state index contributed by atoms with van der Waals surface area (Å²) in [6, 6.07) is 0. The molecule has 1 aliphatic carbocycles. The van der Waals surface area contributed by atoms with E-state index in [1.54, 1.807) is 0 Å². The van der Waals surface area contributed by atoms with Crippen molar-refractivity contribution in [2.24, 2.45) is 16.7 Å². The molecule has 1 nitrogen and oxygen atoms in total. The molecular formula is C13H26O. The van der Waals surface area contributed by atoms with Crippen molar-refractivity contribution in [1.82, 2.24) is 0 Å². The third-order valence-corrected chi connectivity index (χ3v) is 4.59.